The summed E-state index contributed by atoms with van der Waals surface area (Å²) in [5, 5.41) is 3.01. The maximum Gasteiger partial charge on any atom is 0.251 e. The number of ketones is 1. The van der Waals surface area contributed by atoms with Crippen LogP contribution in [0.2, 0.25) is 0 Å². The summed E-state index contributed by atoms with van der Waals surface area (Å²) in [6, 6.07) is 15.2. The molecule has 0 bridgehead atoms. The average Bonchev–Trinajstić information content (AvgIpc) is 3.24. The third-order valence-electron chi connectivity index (χ3n) is 4.71. The Labute approximate surface area is 176 Å². The van der Waals surface area contributed by atoms with Crippen molar-refractivity contribution >= 4 is 11.7 Å². The lowest BCUT2D eigenvalue weighted by atomic mass is 10.1. The number of ether oxygens (including phenoxy) is 1. The summed E-state index contributed by atoms with van der Waals surface area (Å²) in [6.07, 6.45) is 6.62. The lowest BCUT2D eigenvalue weighted by Gasteiger charge is -2.15. The third-order valence-corrected chi connectivity index (χ3v) is 4.71. The number of aromatic nitrogens is 2. The van der Waals surface area contributed by atoms with Crippen LogP contribution in [0.25, 0.3) is 0 Å². The van der Waals surface area contributed by atoms with Crippen LogP contribution in [0.15, 0.2) is 67.3 Å². The zero-order chi connectivity index (χ0) is 21.3. The number of hydrogen-bond acceptors (Lipinski definition) is 4. The molecule has 0 fully saturated rings. The smallest absolute Gasteiger partial charge is 0.251 e. The molecule has 1 heterocycles. The summed E-state index contributed by atoms with van der Waals surface area (Å²) in [6.45, 7) is 4.60. The Balaban J connectivity index is 1.52. The molecule has 0 spiro atoms. The lowest BCUT2D eigenvalue weighted by Crippen LogP contribution is -2.35. The van der Waals surface area contributed by atoms with Crippen LogP contribution in [-0.4, -0.2) is 27.3 Å². The van der Waals surface area contributed by atoms with Gasteiger partial charge >= 0.3 is 0 Å². The molecule has 156 valence electrons. The molecule has 0 saturated carbocycles. The maximum atomic E-state index is 12.6. The molecule has 6 heteroatoms. The van der Waals surface area contributed by atoms with Gasteiger partial charge in [-0.25, -0.2) is 4.98 Å². The largest absolute Gasteiger partial charge is 0.489 e. The lowest BCUT2D eigenvalue weighted by molar-refractivity contribution is -0.116. The third kappa shape index (κ3) is 6.58. The molecule has 0 aliphatic rings. The van der Waals surface area contributed by atoms with Gasteiger partial charge in [-0.05, 0) is 55.7 Å². The van der Waals surface area contributed by atoms with E-state index >= 15 is 0 Å². The normalized spacial score (nSPS) is 11.7. The van der Waals surface area contributed by atoms with Gasteiger partial charge < -0.3 is 19.4 Å². The summed E-state index contributed by atoms with van der Waals surface area (Å²) in [4.78, 5) is 27.7. The SMILES string of the molecule is CC(=O)CCc1ccc(OCc2cccc(C(=O)NC(C)Cn3ccnc3)c2)cc1. The van der Waals surface area contributed by atoms with E-state index in [0.717, 1.165) is 23.3 Å². The zero-order valence-electron chi connectivity index (χ0n) is 17.4. The average molecular weight is 405 g/mol. The molecule has 2 aromatic carbocycles. The Morgan fingerprint density at radius 3 is 2.63 bits per heavy atom. The van der Waals surface area contributed by atoms with E-state index in [1.54, 1.807) is 25.5 Å². The van der Waals surface area contributed by atoms with Gasteiger partial charge in [0.05, 0.1) is 6.33 Å². The highest BCUT2D eigenvalue weighted by Gasteiger charge is 2.11. The first-order valence-electron chi connectivity index (χ1n) is 10.1. The van der Waals surface area contributed by atoms with E-state index in [1.165, 1.54) is 0 Å². The number of aryl methyl sites for hydroxylation is 1. The molecular weight excluding hydrogens is 378 g/mol. The number of nitrogens with one attached hydrogen (secondary N) is 1. The number of carbonyl (C=O) groups excluding carboxylic acids is 2. The Morgan fingerprint density at radius 1 is 1.13 bits per heavy atom. The van der Waals surface area contributed by atoms with Crippen LogP contribution in [0, 0.1) is 0 Å². The molecule has 30 heavy (non-hydrogen) atoms. The summed E-state index contributed by atoms with van der Waals surface area (Å²) < 4.78 is 7.78. The second-order valence-electron chi connectivity index (χ2n) is 7.47. The highest BCUT2D eigenvalue weighted by molar-refractivity contribution is 5.94. The van der Waals surface area contributed by atoms with Crippen LogP contribution >= 0.6 is 0 Å². The second kappa shape index (κ2) is 10.4. The molecule has 1 amide bonds. The Bertz CT molecular complexity index is 966. The molecule has 3 rings (SSSR count). The van der Waals surface area contributed by atoms with Crippen LogP contribution in [-0.2, 0) is 24.4 Å². The van der Waals surface area contributed by atoms with Crippen molar-refractivity contribution in [2.75, 3.05) is 0 Å². The van der Waals surface area contributed by atoms with Crippen LogP contribution in [0.4, 0.5) is 0 Å². The Morgan fingerprint density at radius 2 is 1.93 bits per heavy atom. The number of nitrogens with zero attached hydrogens (tertiary/aromatic N) is 2. The second-order valence-corrected chi connectivity index (χ2v) is 7.47. The van der Waals surface area contributed by atoms with E-state index in [4.69, 9.17) is 4.74 Å². The number of benzene rings is 2. The van der Waals surface area contributed by atoms with Crippen molar-refractivity contribution in [3.8, 4) is 5.75 Å². The van der Waals surface area contributed by atoms with Crippen LogP contribution in [0.1, 0.15) is 41.8 Å². The van der Waals surface area contributed by atoms with Crippen molar-refractivity contribution in [1.29, 1.82) is 0 Å². The van der Waals surface area contributed by atoms with Gasteiger partial charge in [-0.15, -0.1) is 0 Å². The Kier molecular flexibility index (Phi) is 7.38. The van der Waals surface area contributed by atoms with E-state index in [2.05, 4.69) is 10.3 Å². The number of rotatable bonds is 10. The van der Waals surface area contributed by atoms with Gasteiger partial charge in [0.25, 0.3) is 5.91 Å². The molecule has 1 aromatic heterocycles. The van der Waals surface area contributed by atoms with Crippen molar-refractivity contribution in [3.63, 3.8) is 0 Å². The topological polar surface area (TPSA) is 73.2 Å². The van der Waals surface area contributed by atoms with Gasteiger partial charge in [0.15, 0.2) is 0 Å². The molecule has 1 atom stereocenters. The first-order valence-corrected chi connectivity index (χ1v) is 10.1. The number of Topliss-reactive ketones (excluding diaryl/α,β-unsaturated/α-hetero) is 1. The molecule has 1 N–H and O–H groups in total. The molecule has 0 saturated heterocycles. The van der Waals surface area contributed by atoms with Gasteiger partial charge in [0.1, 0.15) is 18.1 Å². The highest BCUT2D eigenvalue weighted by Crippen LogP contribution is 2.16. The minimum absolute atomic E-state index is 0.0203. The molecule has 0 aliphatic carbocycles. The summed E-state index contributed by atoms with van der Waals surface area (Å²) >= 11 is 0. The fraction of sp³-hybridized carbons (Fsp3) is 0.292. The monoisotopic (exact) mass is 405 g/mol. The fourth-order valence-corrected chi connectivity index (χ4v) is 3.11. The maximum absolute atomic E-state index is 12.6. The first-order chi connectivity index (χ1) is 14.5. The predicted molar refractivity (Wildman–Crippen MR) is 115 cm³/mol. The first kappa shape index (κ1) is 21.3. The van der Waals surface area contributed by atoms with E-state index in [-0.39, 0.29) is 17.7 Å². The number of hydrogen-bond donors (Lipinski definition) is 1. The van der Waals surface area contributed by atoms with Crippen LogP contribution in [0.5, 0.6) is 5.75 Å². The number of amides is 1. The minimum Gasteiger partial charge on any atom is -0.489 e. The van der Waals surface area contributed by atoms with E-state index < -0.39 is 0 Å². The van der Waals surface area contributed by atoms with Crippen molar-refractivity contribution < 1.29 is 14.3 Å². The standard InChI is InChI=1S/C24H27N3O3/c1-18(15-27-13-12-25-17-27)26-24(29)22-5-3-4-21(14-22)16-30-23-10-8-20(9-11-23)7-6-19(2)28/h3-5,8-14,17-18H,6-7,15-16H2,1-2H3,(H,26,29). The Hall–Kier alpha value is -3.41. The minimum atomic E-state index is -0.112. The molecule has 1 unspecified atom stereocenters. The van der Waals surface area contributed by atoms with Crippen molar-refractivity contribution in [2.24, 2.45) is 0 Å². The summed E-state index contributed by atoms with van der Waals surface area (Å²) in [5.41, 5.74) is 2.64. The summed E-state index contributed by atoms with van der Waals surface area (Å²) in [7, 11) is 0. The van der Waals surface area contributed by atoms with Gasteiger partial charge in [0.2, 0.25) is 0 Å². The van der Waals surface area contributed by atoms with Crippen molar-refractivity contribution in [1.82, 2.24) is 14.9 Å². The van der Waals surface area contributed by atoms with E-state index in [9.17, 15) is 9.59 Å². The van der Waals surface area contributed by atoms with Gasteiger partial charge in [0, 0.05) is 37.0 Å². The fourth-order valence-electron chi connectivity index (χ4n) is 3.11. The quantitative estimate of drug-likeness (QED) is 0.557. The van der Waals surface area contributed by atoms with E-state index in [0.29, 0.717) is 25.1 Å². The molecule has 3 aromatic rings. The molecular formula is C24H27N3O3. The molecule has 6 nitrogen and oxygen atoms in total. The van der Waals surface area contributed by atoms with Crippen molar-refractivity contribution in [3.05, 3.63) is 83.9 Å². The molecule has 0 radical (unpaired) electrons. The van der Waals surface area contributed by atoms with Crippen LogP contribution < -0.4 is 10.1 Å². The van der Waals surface area contributed by atoms with Crippen molar-refractivity contribution in [2.45, 2.75) is 45.9 Å². The highest BCUT2D eigenvalue weighted by atomic mass is 16.5. The van der Waals surface area contributed by atoms with Gasteiger partial charge in [-0.1, -0.05) is 24.3 Å². The van der Waals surface area contributed by atoms with E-state index in [1.807, 2.05) is 60.2 Å². The van der Waals surface area contributed by atoms with Gasteiger partial charge in [-0.3, -0.25) is 4.79 Å². The number of carbonyl (C=O) groups is 2. The number of imidazole rings is 1. The molecule has 0 aliphatic heterocycles. The zero-order valence-corrected chi connectivity index (χ0v) is 17.4. The van der Waals surface area contributed by atoms with Gasteiger partial charge in [-0.2, -0.15) is 0 Å². The predicted octanol–water partition coefficient (Wildman–Crippen LogP) is 3.80. The summed E-state index contributed by atoms with van der Waals surface area (Å²) in [5.74, 6) is 0.833. The van der Waals surface area contributed by atoms with Crippen LogP contribution in [0.3, 0.4) is 0 Å².